The highest BCUT2D eigenvalue weighted by atomic mass is 79.9. The molecule has 1 aromatic carbocycles. The molecule has 2 rings (SSSR count). The van der Waals surface area contributed by atoms with Crippen molar-refractivity contribution >= 4 is 27.7 Å². The standard InChI is InChI=1S/C17H19BrN2O4/c1-12-3-5-13(6-4-12)23-10-9-20(2)16(21)11-19-17(22)14-7-8-15(18)24-14/h3-8H,9-11H2,1-2H3,(H,19,22). The van der Waals surface area contributed by atoms with Crippen molar-refractivity contribution in [3.63, 3.8) is 0 Å². The van der Waals surface area contributed by atoms with Crippen molar-refractivity contribution in [2.24, 2.45) is 0 Å². The number of hydrogen-bond donors (Lipinski definition) is 1. The van der Waals surface area contributed by atoms with Crippen molar-refractivity contribution in [3.8, 4) is 5.75 Å². The minimum atomic E-state index is -0.432. The maximum atomic E-state index is 12.0. The van der Waals surface area contributed by atoms with Gasteiger partial charge in [-0.3, -0.25) is 9.59 Å². The van der Waals surface area contributed by atoms with Crippen molar-refractivity contribution in [2.45, 2.75) is 6.92 Å². The predicted octanol–water partition coefficient (Wildman–Crippen LogP) is 2.62. The quantitative estimate of drug-likeness (QED) is 0.783. The minimum Gasteiger partial charge on any atom is -0.492 e. The van der Waals surface area contributed by atoms with E-state index in [2.05, 4.69) is 21.2 Å². The molecule has 0 unspecified atom stereocenters. The maximum absolute atomic E-state index is 12.0. The topological polar surface area (TPSA) is 71.8 Å². The van der Waals surface area contributed by atoms with Gasteiger partial charge < -0.3 is 19.4 Å². The molecule has 0 spiro atoms. The molecule has 1 aromatic heterocycles. The third kappa shape index (κ3) is 5.42. The lowest BCUT2D eigenvalue weighted by Crippen LogP contribution is -2.39. The molecule has 0 radical (unpaired) electrons. The van der Waals surface area contributed by atoms with Gasteiger partial charge in [0.25, 0.3) is 5.91 Å². The predicted molar refractivity (Wildman–Crippen MR) is 93.1 cm³/mol. The third-order valence-electron chi connectivity index (χ3n) is 3.34. The molecule has 0 aliphatic rings. The summed E-state index contributed by atoms with van der Waals surface area (Å²) >= 11 is 3.12. The molecule has 0 aliphatic heterocycles. The van der Waals surface area contributed by atoms with Gasteiger partial charge in [-0.15, -0.1) is 0 Å². The van der Waals surface area contributed by atoms with Crippen LogP contribution in [0.3, 0.4) is 0 Å². The summed E-state index contributed by atoms with van der Waals surface area (Å²) in [5.74, 6) is 0.276. The molecule has 0 saturated heterocycles. The molecular weight excluding hydrogens is 376 g/mol. The van der Waals surface area contributed by atoms with Crippen LogP contribution in [-0.4, -0.2) is 43.5 Å². The first kappa shape index (κ1) is 18.1. The fourth-order valence-electron chi connectivity index (χ4n) is 1.87. The van der Waals surface area contributed by atoms with E-state index in [1.54, 1.807) is 13.1 Å². The maximum Gasteiger partial charge on any atom is 0.287 e. The van der Waals surface area contributed by atoms with E-state index in [0.29, 0.717) is 17.8 Å². The average molecular weight is 395 g/mol. The van der Waals surface area contributed by atoms with E-state index in [-0.39, 0.29) is 18.2 Å². The summed E-state index contributed by atoms with van der Waals surface area (Å²) in [6, 6.07) is 10.9. The number of carbonyl (C=O) groups excluding carboxylic acids is 2. The third-order valence-corrected chi connectivity index (χ3v) is 3.77. The first-order chi connectivity index (χ1) is 11.5. The van der Waals surface area contributed by atoms with Crippen LogP contribution < -0.4 is 10.1 Å². The second-order valence-electron chi connectivity index (χ2n) is 5.26. The lowest BCUT2D eigenvalue weighted by atomic mass is 10.2. The van der Waals surface area contributed by atoms with E-state index in [1.807, 2.05) is 31.2 Å². The van der Waals surface area contributed by atoms with Crippen LogP contribution in [0.1, 0.15) is 16.1 Å². The van der Waals surface area contributed by atoms with E-state index in [4.69, 9.17) is 9.15 Å². The smallest absolute Gasteiger partial charge is 0.287 e. The Morgan fingerprint density at radius 3 is 2.54 bits per heavy atom. The van der Waals surface area contributed by atoms with E-state index >= 15 is 0 Å². The Kier molecular flexibility index (Phi) is 6.43. The summed E-state index contributed by atoms with van der Waals surface area (Å²) in [5.41, 5.74) is 1.16. The van der Waals surface area contributed by atoms with Crippen molar-refractivity contribution in [1.29, 1.82) is 0 Å². The summed E-state index contributed by atoms with van der Waals surface area (Å²) in [6.07, 6.45) is 0. The minimum absolute atomic E-state index is 0.0990. The van der Waals surface area contributed by atoms with Crippen molar-refractivity contribution < 1.29 is 18.7 Å². The fourth-order valence-corrected chi connectivity index (χ4v) is 2.18. The number of amides is 2. The van der Waals surface area contributed by atoms with Crippen LogP contribution in [0, 0.1) is 6.92 Å². The molecule has 24 heavy (non-hydrogen) atoms. The Balaban J connectivity index is 1.70. The Morgan fingerprint density at radius 1 is 1.21 bits per heavy atom. The number of aryl methyl sites for hydroxylation is 1. The van der Waals surface area contributed by atoms with E-state index in [0.717, 1.165) is 11.3 Å². The van der Waals surface area contributed by atoms with Crippen LogP contribution >= 0.6 is 15.9 Å². The second-order valence-corrected chi connectivity index (χ2v) is 6.04. The first-order valence-corrected chi connectivity index (χ1v) is 8.22. The molecule has 0 fully saturated rings. The number of likely N-dealkylation sites (N-methyl/N-ethyl adjacent to an activating group) is 1. The molecule has 1 heterocycles. The zero-order valence-corrected chi connectivity index (χ0v) is 15.1. The number of halogens is 1. The van der Waals surface area contributed by atoms with Gasteiger partial charge in [0.1, 0.15) is 12.4 Å². The molecule has 0 atom stereocenters. The number of rotatable bonds is 7. The van der Waals surface area contributed by atoms with Gasteiger partial charge in [-0.2, -0.15) is 0 Å². The summed E-state index contributed by atoms with van der Waals surface area (Å²) in [5, 5.41) is 2.52. The number of carbonyl (C=O) groups is 2. The summed E-state index contributed by atoms with van der Waals surface area (Å²) < 4.78 is 11.2. The van der Waals surface area contributed by atoms with Gasteiger partial charge in [0.2, 0.25) is 5.91 Å². The number of benzene rings is 1. The van der Waals surface area contributed by atoms with Crippen molar-refractivity contribution in [2.75, 3.05) is 26.7 Å². The lowest BCUT2D eigenvalue weighted by molar-refractivity contribution is -0.129. The monoisotopic (exact) mass is 394 g/mol. The first-order valence-electron chi connectivity index (χ1n) is 7.42. The van der Waals surface area contributed by atoms with Gasteiger partial charge in [-0.25, -0.2) is 0 Å². The molecule has 2 amide bonds. The molecule has 2 aromatic rings. The number of ether oxygens (including phenoxy) is 1. The van der Waals surface area contributed by atoms with Crippen LogP contribution in [0.2, 0.25) is 0 Å². The molecule has 6 nitrogen and oxygen atoms in total. The zero-order chi connectivity index (χ0) is 17.5. The number of nitrogens with zero attached hydrogens (tertiary/aromatic N) is 1. The number of hydrogen-bond acceptors (Lipinski definition) is 4. The highest BCUT2D eigenvalue weighted by Crippen LogP contribution is 2.13. The fraction of sp³-hybridized carbons (Fsp3) is 0.294. The molecule has 0 aliphatic carbocycles. The summed E-state index contributed by atoms with van der Waals surface area (Å²) in [7, 11) is 1.66. The van der Waals surface area contributed by atoms with Gasteiger partial charge in [-0.05, 0) is 47.1 Å². The summed E-state index contributed by atoms with van der Waals surface area (Å²) in [4.78, 5) is 25.3. The molecular formula is C17H19BrN2O4. The number of nitrogens with one attached hydrogen (secondary N) is 1. The van der Waals surface area contributed by atoms with Gasteiger partial charge in [0.15, 0.2) is 10.4 Å². The molecule has 1 N–H and O–H groups in total. The molecule has 0 bridgehead atoms. The highest BCUT2D eigenvalue weighted by molar-refractivity contribution is 9.10. The second kappa shape index (κ2) is 8.54. The number of furan rings is 1. The van der Waals surface area contributed by atoms with Crippen LogP contribution in [0.5, 0.6) is 5.75 Å². The van der Waals surface area contributed by atoms with Gasteiger partial charge >= 0.3 is 0 Å². The van der Waals surface area contributed by atoms with E-state index in [9.17, 15) is 9.59 Å². The van der Waals surface area contributed by atoms with Gasteiger partial charge in [-0.1, -0.05) is 17.7 Å². The van der Waals surface area contributed by atoms with Crippen molar-refractivity contribution in [1.82, 2.24) is 10.2 Å². The lowest BCUT2D eigenvalue weighted by Gasteiger charge is -2.17. The zero-order valence-electron chi connectivity index (χ0n) is 13.5. The van der Waals surface area contributed by atoms with E-state index < -0.39 is 5.91 Å². The average Bonchev–Trinajstić information content (AvgIpc) is 3.00. The molecule has 7 heteroatoms. The van der Waals surface area contributed by atoms with Crippen LogP contribution in [0.15, 0.2) is 45.5 Å². The van der Waals surface area contributed by atoms with E-state index in [1.165, 1.54) is 11.0 Å². The van der Waals surface area contributed by atoms with Crippen LogP contribution in [-0.2, 0) is 4.79 Å². The molecule has 128 valence electrons. The Labute approximate surface area is 148 Å². The normalized spacial score (nSPS) is 10.3. The SMILES string of the molecule is Cc1ccc(OCCN(C)C(=O)CNC(=O)c2ccc(Br)o2)cc1. The summed E-state index contributed by atoms with van der Waals surface area (Å²) in [6.45, 7) is 2.71. The molecule has 0 saturated carbocycles. The Morgan fingerprint density at radius 2 is 1.92 bits per heavy atom. The Hall–Kier alpha value is -2.28. The highest BCUT2D eigenvalue weighted by Gasteiger charge is 2.14. The Bertz CT molecular complexity index is 697. The largest absolute Gasteiger partial charge is 0.492 e. The van der Waals surface area contributed by atoms with Crippen molar-refractivity contribution in [3.05, 3.63) is 52.4 Å². The van der Waals surface area contributed by atoms with Crippen LogP contribution in [0.4, 0.5) is 0 Å². The van der Waals surface area contributed by atoms with Gasteiger partial charge in [0.05, 0.1) is 13.1 Å². The van der Waals surface area contributed by atoms with Gasteiger partial charge in [0, 0.05) is 7.05 Å². The van der Waals surface area contributed by atoms with Crippen LogP contribution in [0.25, 0.3) is 0 Å².